The highest BCUT2D eigenvalue weighted by Gasteiger charge is 2.16. The Balaban J connectivity index is 2.54. The molecule has 0 aliphatic carbocycles. The number of hydrogen-bond acceptors (Lipinski definition) is 6. The van der Waals surface area contributed by atoms with Crippen molar-refractivity contribution in [1.29, 1.82) is 0 Å². The second-order valence-electron chi connectivity index (χ2n) is 3.44. The first-order chi connectivity index (χ1) is 7.71. The largest absolute Gasteiger partial charge is 0.449 e. The molecule has 1 rings (SSSR count). The number of aromatic nitrogens is 2. The molecule has 0 aliphatic rings. The lowest BCUT2D eigenvalue weighted by Gasteiger charge is -2.20. The second-order valence-corrected chi connectivity index (χ2v) is 3.44. The molecule has 1 unspecified atom stereocenters. The SMILES string of the molecule is CCOc1nc(C(N)CN(CC)CC)no1. The molecule has 0 aromatic carbocycles. The maximum absolute atomic E-state index is 5.97. The fourth-order valence-electron chi connectivity index (χ4n) is 1.39. The quantitative estimate of drug-likeness (QED) is 0.744. The van der Waals surface area contributed by atoms with Crippen molar-refractivity contribution in [3.8, 4) is 6.08 Å². The van der Waals surface area contributed by atoms with Gasteiger partial charge in [0.2, 0.25) is 0 Å². The molecule has 1 heterocycles. The molecule has 92 valence electrons. The van der Waals surface area contributed by atoms with Crippen LogP contribution in [0.3, 0.4) is 0 Å². The molecule has 6 nitrogen and oxygen atoms in total. The minimum atomic E-state index is -0.238. The molecule has 0 saturated heterocycles. The zero-order chi connectivity index (χ0) is 12.0. The van der Waals surface area contributed by atoms with Gasteiger partial charge in [0.05, 0.1) is 12.6 Å². The molecular formula is C10H20N4O2. The van der Waals surface area contributed by atoms with Crippen LogP contribution < -0.4 is 10.5 Å². The van der Waals surface area contributed by atoms with E-state index >= 15 is 0 Å². The number of rotatable bonds is 7. The van der Waals surface area contributed by atoms with Gasteiger partial charge >= 0.3 is 6.08 Å². The van der Waals surface area contributed by atoms with Crippen molar-refractivity contribution < 1.29 is 9.26 Å². The highest BCUT2D eigenvalue weighted by atomic mass is 16.6. The van der Waals surface area contributed by atoms with Gasteiger partial charge in [0.15, 0.2) is 5.82 Å². The van der Waals surface area contributed by atoms with Crippen molar-refractivity contribution in [3.05, 3.63) is 5.82 Å². The van der Waals surface area contributed by atoms with Crippen molar-refractivity contribution in [2.75, 3.05) is 26.2 Å². The van der Waals surface area contributed by atoms with E-state index in [0.29, 0.717) is 12.4 Å². The van der Waals surface area contributed by atoms with Crippen LogP contribution in [0.4, 0.5) is 0 Å². The van der Waals surface area contributed by atoms with Crippen LogP contribution in [0.15, 0.2) is 4.52 Å². The van der Waals surface area contributed by atoms with Crippen LogP contribution in [-0.4, -0.2) is 41.3 Å². The van der Waals surface area contributed by atoms with E-state index in [1.54, 1.807) is 0 Å². The Bertz CT molecular complexity index is 299. The first-order valence-electron chi connectivity index (χ1n) is 5.65. The Hall–Kier alpha value is -1.14. The standard InChI is InChI=1S/C10H20N4O2/c1-4-14(5-2)7-8(11)9-12-10(15-6-3)16-13-9/h8H,4-7,11H2,1-3H3. The van der Waals surface area contributed by atoms with Crippen molar-refractivity contribution in [1.82, 2.24) is 15.0 Å². The zero-order valence-corrected chi connectivity index (χ0v) is 10.1. The van der Waals surface area contributed by atoms with Gasteiger partial charge in [-0.2, -0.15) is 4.98 Å². The van der Waals surface area contributed by atoms with Gasteiger partial charge in [-0.1, -0.05) is 19.0 Å². The van der Waals surface area contributed by atoms with Crippen LogP contribution >= 0.6 is 0 Å². The molecule has 0 fully saturated rings. The summed E-state index contributed by atoms with van der Waals surface area (Å²) < 4.78 is 9.98. The Morgan fingerprint density at radius 3 is 2.62 bits per heavy atom. The van der Waals surface area contributed by atoms with E-state index in [9.17, 15) is 0 Å². The van der Waals surface area contributed by atoms with E-state index in [4.69, 9.17) is 15.0 Å². The van der Waals surface area contributed by atoms with Crippen molar-refractivity contribution in [2.24, 2.45) is 5.73 Å². The van der Waals surface area contributed by atoms with Gasteiger partial charge in [-0.15, -0.1) is 0 Å². The smallest absolute Gasteiger partial charge is 0.417 e. The number of likely N-dealkylation sites (N-methyl/N-ethyl adjacent to an activating group) is 1. The minimum Gasteiger partial charge on any atom is -0.449 e. The molecule has 6 heteroatoms. The second kappa shape index (κ2) is 6.44. The van der Waals surface area contributed by atoms with E-state index in [-0.39, 0.29) is 12.1 Å². The summed E-state index contributed by atoms with van der Waals surface area (Å²) in [5.74, 6) is 0.496. The first-order valence-corrected chi connectivity index (χ1v) is 5.65. The number of nitrogens with two attached hydrogens (primary N) is 1. The van der Waals surface area contributed by atoms with Crippen molar-refractivity contribution >= 4 is 0 Å². The monoisotopic (exact) mass is 228 g/mol. The molecule has 0 aliphatic heterocycles. The summed E-state index contributed by atoms with van der Waals surface area (Å²) in [6.07, 6.45) is 0.187. The van der Waals surface area contributed by atoms with Gasteiger partial charge in [-0.05, 0) is 20.0 Å². The Labute approximate surface area is 95.7 Å². The van der Waals surface area contributed by atoms with Gasteiger partial charge in [0, 0.05) is 6.54 Å². The molecule has 0 spiro atoms. The third-order valence-corrected chi connectivity index (χ3v) is 2.37. The van der Waals surface area contributed by atoms with E-state index in [1.807, 2.05) is 6.92 Å². The third kappa shape index (κ3) is 3.46. The van der Waals surface area contributed by atoms with Crippen LogP contribution in [0.25, 0.3) is 0 Å². The highest BCUT2D eigenvalue weighted by Crippen LogP contribution is 2.12. The summed E-state index contributed by atoms with van der Waals surface area (Å²) >= 11 is 0. The molecule has 0 saturated carbocycles. The van der Waals surface area contributed by atoms with Gasteiger partial charge < -0.3 is 15.4 Å². The predicted octanol–water partition coefficient (Wildman–Crippen LogP) is 0.810. The van der Waals surface area contributed by atoms with E-state index in [0.717, 1.165) is 19.6 Å². The fraction of sp³-hybridized carbons (Fsp3) is 0.800. The lowest BCUT2D eigenvalue weighted by molar-refractivity contribution is 0.214. The Morgan fingerprint density at radius 1 is 1.38 bits per heavy atom. The van der Waals surface area contributed by atoms with Crippen molar-refractivity contribution in [3.63, 3.8) is 0 Å². The zero-order valence-electron chi connectivity index (χ0n) is 10.1. The molecule has 1 aromatic rings. The maximum atomic E-state index is 5.97. The van der Waals surface area contributed by atoms with E-state index < -0.39 is 0 Å². The fourth-order valence-corrected chi connectivity index (χ4v) is 1.39. The van der Waals surface area contributed by atoms with Crippen LogP contribution in [0, 0.1) is 0 Å². The molecular weight excluding hydrogens is 208 g/mol. The summed E-state index contributed by atoms with van der Waals surface area (Å²) in [6, 6.07) is -0.238. The Kier molecular flexibility index (Phi) is 5.21. The summed E-state index contributed by atoms with van der Waals surface area (Å²) in [4.78, 5) is 6.28. The van der Waals surface area contributed by atoms with Gasteiger partial charge in [-0.25, -0.2) is 0 Å². The van der Waals surface area contributed by atoms with Gasteiger partial charge in [0.1, 0.15) is 0 Å². The summed E-state index contributed by atoms with van der Waals surface area (Å²) in [5, 5.41) is 3.79. The maximum Gasteiger partial charge on any atom is 0.417 e. The molecule has 2 N–H and O–H groups in total. The summed E-state index contributed by atoms with van der Waals surface area (Å²) in [7, 11) is 0. The number of ether oxygens (including phenoxy) is 1. The average Bonchev–Trinajstić information content (AvgIpc) is 2.74. The molecule has 1 aromatic heterocycles. The normalized spacial score (nSPS) is 13.1. The topological polar surface area (TPSA) is 77.4 Å². The van der Waals surface area contributed by atoms with E-state index in [2.05, 4.69) is 28.9 Å². The van der Waals surface area contributed by atoms with E-state index in [1.165, 1.54) is 0 Å². The lowest BCUT2D eigenvalue weighted by Crippen LogP contribution is -2.32. The van der Waals surface area contributed by atoms with Gasteiger partial charge in [0.25, 0.3) is 0 Å². The lowest BCUT2D eigenvalue weighted by atomic mass is 10.2. The predicted molar refractivity (Wildman–Crippen MR) is 60.2 cm³/mol. The number of nitrogens with zero attached hydrogens (tertiary/aromatic N) is 3. The van der Waals surface area contributed by atoms with Crippen LogP contribution in [0.1, 0.15) is 32.6 Å². The first kappa shape index (κ1) is 12.9. The highest BCUT2D eigenvalue weighted by molar-refractivity contribution is 4.96. The third-order valence-electron chi connectivity index (χ3n) is 2.37. The Morgan fingerprint density at radius 2 is 2.06 bits per heavy atom. The molecule has 1 atom stereocenters. The van der Waals surface area contributed by atoms with Gasteiger partial charge in [-0.3, -0.25) is 4.52 Å². The average molecular weight is 228 g/mol. The molecule has 0 amide bonds. The number of hydrogen-bond donors (Lipinski definition) is 1. The van der Waals surface area contributed by atoms with Crippen LogP contribution in [0.2, 0.25) is 0 Å². The molecule has 16 heavy (non-hydrogen) atoms. The summed E-state index contributed by atoms with van der Waals surface area (Å²) in [6.45, 7) is 9.20. The van der Waals surface area contributed by atoms with Crippen LogP contribution in [-0.2, 0) is 0 Å². The molecule has 0 radical (unpaired) electrons. The van der Waals surface area contributed by atoms with Crippen molar-refractivity contribution in [2.45, 2.75) is 26.8 Å². The van der Waals surface area contributed by atoms with Crippen LogP contribution in [0.5, 0.6) is 6.08 Å². The minimum absolute atomic E-state index is 0.187. The summed E-state index contributed by atoms with van der Waals surface area (Å²) in [5.41, 5.74) is 5.97. The molecule has 0 bridgehead atoms.